The predicted molar refractivity (Wildman–Crippen MR) is 113 cm³/mol. The predicted octanol–water partition coefficient (Wildman–Crippen LogP) is 4.76. The fourth-order valence-electron chi connectivity index (χ4n) is 3.36. The van der Waals surface area contributed by atoms with E-state index in [0.29, 0.717) is 23.6 Å². The van der Waals surface area contributed by atoms with Crippen molar-refractivity contribution in [1.29, 1.82) is 0 Å². The van der Waals surface area contributed by atoms with Crippen molar-refractivity contribution in [3.8, 4) is 5.75 Å². The zero-order chi connectivity index (χ0) is 22.0. The number of halogens is 2. The molecule has 2 amide bonds. The molecule has 0 radical (unpaired) electrons. The summed E-state index contributed by atoms with van der Waals surface area (Å²) >= 11 is 0. The summed E-state index contributed by atoms with van der Waals surface area (Å²) in [7, 11) is 0. The van der Waals surface area contributed by atoms with Gasteiger partial charge in [0, 0.05) is 6.07 Å². The average Bonchev–Trinajstić information content (AvgIpc) is 3.02. The number of nitrogens with zero attached hydrogens (tertiary/aromatic N) is 1. The molecule has 1 N–H and O–H groups in total. The van der Waals surface area contributed by atoms with Crippen LogP contribution in [0.15, 0.2) is 78.5 Å². The minimum absolute atomic E-state index is 0.0214. The van der Waals surface area contributed by atoms with Crippen LogP contribution in [0, 0.1) is 11.6 Å². The first kappa shape index (κ1) is 20.3. The van der Waals surface area contributed by atoms with E-state index in [0.717, 1.165) is 17.0 Å². The molecule has 1 heterocycles. The van der Waals surface area contributed by atoms with Crippen molar-refractivity contribution in [2.45, 2.75) is 6.92 Å². The van der Waals surface area contributed by atoms with Crippen LogP contribution in [0.5, 0.6) is 5.75 Å². The molecule has 5 nitrogen and oxygen atoms in total. The van der Waals surface area contributed by atoms with Crippen molar-refractivity contribution in [3.05, 3.63) is 95.7 Å². The Labute approximate surface area is 177 Å². The molecule has 1 aliphatic rings. The topological polar surface area (TPSA) is 58.6 Å². The summed E-state index contributed by atoms with van der Waals surface area (Å²) in [5.74, 6) is -3.03. The van der Waals surface area contributed by atoms with Gasteiger partial charge in [0.2, 0.25) is 0 Å². The van der Waals surface area contributed by atoms with E-state index in [2.05, 4.69) is 5.32 Å². The van der Waals surface area contributed by atoms with E-state index in [9.17, 15) is 18.4 Å². The molecule has 3 aromatic rings. The van der Waals surface area contributed by atoms with Crippen LogP contribution in [0.2, 0.25) is 0 Å². The molecule has 0 saturated carbocycles. The van der Waals surface area contributed by atoms with Crippen LogP contribution >= 0.6 is 0 Å². The number of carbonyl (C=O) groups excluding carboxylic acids is 2. The number of hydrogen-bond donors (Lipinski definition) is 1. The van der Waals surface area contributed by atoms with Gasteiger partial charge in [-0.2, -0.15) is 0 Å². The molecule has 0 fully saturated rings. The zero-order valence-electron chi connectivity index (χ0n) is 16.6. The van der Waals surface area contributed by atoms with Gasteiger partial charge in [0.25, 0.3) is 11.8 Å². The van der Waals surface area contributed by atoms with Gasteiger partial charge in [-0.3, -0.25) is 9.59 Å². The molecule has 1 aliphatic heterocycles. The molecule has 3 aromatic carbocycles. The minimum atomic E-state index is -1.15. The molecule has 0 aliphatic carbocycles. The van der Waals surface area contributed by atoms with Crippen LogP contribution in [0.25, 0.3) is 5.57 Å². The highest BCUT2D eigenvalue weighted by Gasteiger charge is 2.40. The normalized spacial score (nSPS) is 13.7. The Morgan fingerprint density at radius 3 is 2.29 bits per heavy atom. The molecular formula is C24H18F2N2O3. The lowest BCUT2D eigenvalue weighted by Gasteiger charge is -2.16. The fourth-order valence-corrected chi connectivity index (χ4v) is 3.36. The lowest BCUT2D eigenvalue weighted by atomic mass is 10.0. The molecule has 0 spiro atoms. The van der Waals surface area contributed by atoms with Gasteiger partial charge >= 0.3 is 0 Å². The summed E-state index contributed by atoms with van der Waals surface area (Å²) in [5, 5.41) is 3.02. The summed E-state index contributed by atoms with van der Waals surface area (Å²) in [4.78, 5) is 27.4. The Hall–Kier alpha value is -4.00. The summed E-state index contributed by atoms with van der Waals surface area (Å²) in [6, 6.07) is 18.6. The monoisotopic (exact) mass is 420 g/mol. The molecule has 0 unspecified atom stereocenters. The first-order valence-electron chi connectivity index (χ1n) is 9.63. The summed E-state index contributed by atoms with van der Waals surface area (Å²) in [6.07, 6.45) is 0. The number of carbonyl (C=O) groups is 2. The molecule has 0 atom stereocenters. The average molecular weight is 420 g/mol. The van der Waals surface area contributed by atoms with Gasteiger partial charge in [0.15, 0.2) is 11.6 Å². The van der Waals surface area contributed by atoms with Crippen molar-refractivity contribution >= 4 is 28.8 Å². The van der Waals surface area contributed by atoms with Crippen molar-refractivity contribution < 1.29 is 23.1 Å². The largest absolute Gasteiger partial charge is 0.492 e. The number of rotatable bonds is 6. The Bertz CT molecular complexity index is 1190. The van der Waals surface area contributed by atoms with Crippen LogP contribution in [-0.4, -0.2) is 18.4 Å². The van der Waals surface area contributed by atoms with Gasteiger partial charge in [0.1, 0.15) is 11.4 Å². The molecule has 156 valence electrons. The quantitative estimate of drug-likeness (QED) is 0.584. The van der Waals surface area contributed by atoms with E-state index < -0.39 is 23.4 Å². The number of hydrogen-bond acceptors (Lipinski definition) is 4. The van der Waals surface area contributed by atoms with Crippen molar-refractivity contribution in [3.63, 3.8) is 0 Å². The van der Waals surface area contributed by atoms with E-state index in [4.69, 9.17) is 4.74 Å². The van der Waals surface area contributed by atoms with Gasteiger partial charge in [-0.15, -0.1) is 0 Å². The van der Waals surface area contributed by atoms with E-state index in [1.807, 2.05) is 6.92 Å². The van der Waals surface area contributed by atoms with Gasteiger partial charge < -0.3 is 10.1 Å². The number of para-hydroxylation sites is 2. The van der Waals surface area contributed by atoms with Gasteiger partial charge in [-0.1, -0.05) is 42.5 Å². The molecular weight excluding hydrogens is 402 g/mol. The number of amides is 2. The van der Waals surface area contributed by atoms with Crippen molar-refractivity contribution in [2.75, 3.05) is 16.8 Å². The van der Waals surface area contributed by atoms with Gasteiger partial charge in [-0.05, 0) is 36.8 Å². The second-order valence-corrected chi connectivity index (χ2v) is 6.71. The third kappa shape index (κ3) is 3.77. The van der Waals surface area contributed by atoms with Crippen molar-refractivity contribution in [1.82, 2.24) is 0 Å². The molecule has 0 bridgehead atoms. The van der Waals surface area contributed by atoms with Crippen LogP contribution in [0.4, 0.5) is 20.2 Å². The lowest BCUT2D eigenvalue weighted by molar-refractivity contribution is -0.120. The maximum Gasteiger partial charge on any atom is 0.282 e. The fraction of sp³-hybridized carbons (Fsp3) is 0.0833. The number of imide groups is 1. The smallest absolute Gasteiger partial charge is 0.282 e. The van der Waals surface area contributed by atoms with Crippen LogP contribution in [-0.2, 0) is 9.59 Å². The van der Waals surface area contributed by atoms with E-state index >= 15 is 0 Å². The highest BCUT2D eigenvalue weighted by molar-refractivity contribution is 6.46. The van der Waals surface area contributed by atoms with Crippen LogP contribution in [0.3, 0.4) is 0 Å². The lowest BCUT2D eigenvalue weighted by Crippen LogP contribution is -2.32. The third-order valence-electron chi connectivity index (χ3n) is 4.75. The van der Waals surface area contributed by atoms with E-state index in [1.165, 1.54) is 6.07 Å². The molecule has 31 heavy (non-hydrogen) atoms. The standard InChI is InChI=1S/C24H18F2N2O3/c1-2-31-20-11-7-6-10-19(20)27-22-21(15-8-4-3-5-9-15)23(29)28(24(22)30)16-12-13-17(25)18(26)14-16/h3-14,27H,2H2,1H3. The summed E-state index contributed by atoms with van der Waals surface area (Å²) in [5.41, 5.74) is 1.11. The summed E-state index contributed by atoms with van der Waals surface area (Å²) < 4.78 is 32.8. The Morgan fingerprint density at radius 1 is 0.871 bits per heavy atom. The molecule has 0 aromatic heterocycles. The van der Waals surface area contributed by atoms with E-state index in [-0.39, 0.29) is 17.0 Å². The highest BCUT2D eigenvalue weighted by atomic mass is 19.2. The zero-order valence-corrected chi connectivity index (χ0v) is 16.6. The Balaban J connectivity index is 1.82. The first-order chi connectivity index (χ1) is 15.0. The SMILES string of the molecule is CCOc1ccccc1NC1=C(c2ccccc2)C(=O)N(c2ccc(F)c(F)c2)C1=O. The van der Waals surface area contributed by atoms with E-state index in [1.54, 1.807) is 54.6 Å². The number of benzene rings is 3. The molecule has 7 heteroatoms. The Morgan fingerprint density at radius 2 is 1.58 bits per heavy atom. The maximum absolute atomic E-state index is 13.8. The Kier molecular flexibility index (Phi) is 5.49. The maximum atomic E-state index is 13.8. The first-order valence-corrected chi connectivity index (χ1v) is 9.63. The number of ether oxygens (including phenoxy) is 1. The van der Waals surface area contributed by atoms with Crippen LogP contribution in [0.1, 0.15) is 12.5 Å². The minimum Gasteiger partial charge on any atom is -0.492 e. The highest BCUT2D eigenvalue weighted by Crippen LogP contribution is 2.35. The van der Waals surface area contributed by atoms with Crippen molar-refractivity contribution in [2.24, 2.45) is 0 Å². The van der Waals surface area contributed by atoms with Gasteiger partial charge in [0.05, 0.1) is 23.6 Å². The van der Waals surface area contributed by atoms with Gasteiger partial charge in [-0.25, -0.2) is 13.7 Å². The molecule has 0 saturated heterocycles. The second kappa shape index (κ2) is 8.39. The molecule has 4 rings (SSSR count). The summed E-state index contributed by atoms with van der Waals surface area (Å²) in [6.45, 7) is 2.25. The number of anilines is 2. The number of nitrogens with one attached hydrogen (secondary N) is 1. The third-order valence-corrected chi connectivity index (χ3v) is 4.75. The van der Waals surface area contributed by atoms with Crippen LogP contribution < -0.4 is 15.0 Å². The second-order valence-electron chi connectivity index (χ2n) is 6.71.